The smallest absolute Gasteiger partial charge is 0.0947 e. The van der Waals surface area contributed by atoms with Crippen LogP contribution < -0.4 is 0 Å². The molecule has 0 saturated carbocycles. The lowest BCUT2D eigenvalue weighted by atomic mass is 10.2. The molecule has 0 nitrogen and oxygen atoms in total. The summed E-state index contributed by atoms with van der Waals surface area (Å²) in [5.41, 5.74) is 1.15. The van der Waals surface area contributed by atoms with E-state index in [0.717, 1.165) is 13.8 Å². The summed E-state index contributed by atoms with van der Waals surface area (Å²) in [7, 11) is 0. The van der Waals surface area contributed by atoms with Gasteiger partial charge in [-0.3, -0.25) is 0 Å². The molecule has 2 aromatic heterocycles. The highest BCUT2D eigenvalue weighted by molar-refractivity contribution is 9.11. The summed E-state index contributed by atoms with van der Waals surface area (Å²) in [6, 6.07) is 4.18. The van der Waals surface area contributed by atoms with Gasteiger partial charge in [0, 0.05) is 14.2 Å². The molecule has 2 rings (SSSR count). The quantitative estimate of drug-likeness (QED) is 0.558. The van der Waals surface area contributed by atoms with Crippen LogP contribution in [0.2, 0.25) is 0 Å². The number of alkyl halides is 1. The number of halogens is 3. The largest absolute Gasteiger partial charge is 0.143 e. The number of aryl methyl sites for hydroxylation is 1. The zero-order valence-corrected chi connectivity index (χ0v) is 13.3. The lowest BCUT2D eigenvalue weighted by molar-refractivity contribution is 1.19. The van der Waals surface area contributed by atoms with Crippen molar-refractivity contribution >= 4 is 66.1 Å². The summed E-state index contributed by atoms with van der Waals surface area (Å²) >= 11 is 16.8. The SMILES string of the molecule is Cc1cc(Br)c(C(Cl)c2csc(Br)c2)s1. The molecule has 1 atom stereocenters. The molecule has 0 bridgehead atoms. The molecular weight excluding hydrogens is 380 g/mol. The van der Waals surface area contributed by atoms with E-state index >= 15 is 0 Å². The lowest BCUT2D eigenvalue weighted by Gasteiger charge is -2.05. The zero-order chi connectivity index (χ0) is 11.0. The molecule has 2 aromatic rings. The lowest BCUT2D eigenvalue weighted by Crippen LogP contribution is -1.87. The van der Waals surface area contributed by atoms with E-state index < -0.39 is 0 Å². The van der Waals surface area contributed by atoms with Crippen molar-refractivity contribution in [3.63, 3.8) is 0 Å². The fraction of sp³-hybridized carbons (Fsp3) is 0.200. The fourth-order valence-electron chi connectivity index (χ4n) is 1.28. The Hall–Kier alpha value is 0.650. The standard InChI is InChI=1S/C10H7Br2ClS2/c1-5-2-7(11)10(15-5)9(13)6-3-8(12)14-4-6/h2-4,9H,1H3. The van der Waals surface area contributed by atoms with Crippen LogP contribution in [-0.4, -0.2) is 0 Å². The van der Waals surface area contributed by atoms with E-state index in [1.54, 1.807) is 22.7 Å². The molecule has 0 fully saturated rings. The number of hydrogen-bond acceptors (Lipinski definition) is 2. The van der Waals surface area contributed by atoms with E-state index in [2.05, 4.69) is 56.3 Å². The van der Waals surface area contributed by atoms with Crippen molar-refractivity contribution in [1.82, 2.24) is 0 Å². The second-order valence-electron chi connectivity index (χ2n) is 3.12. The number of rotatable bonds is 2. The first-order chi connectivity index (χ1) is 7.08. The first-order valence-electron chi connectivity index (χ1n) is 4.21. The van der Waals surface area contributed by atoms with Crippen molar-refractivity contribution in [1.29, 1.82) is 0 Å². The van der Waals surface area contributed by atoms with Gasteiger partial charge in [-0.2, -0.15) is 0 Å². The maximum atomic E-state index is 6.43. The second-order valence-corrected chi connectivity index (χ2v) is 7.99. The van der Waals surface area contributed by atoms with Gasteiger partial charge < -0.3 is 0 Å². The molecule has 0 N–H and O–H groups in total. The van der Waals surface area contributed by atoms with Crippen molar-refractivity contribution in [2.24, 2.45) is 0 Å². The van der Waals surface area contributed by atoms with E-state index in [4.69, 9.17) is 11.6 Å². The van der Waals surface area contributed by atoms with Crippen LogP contribution in [0.1, 0.15) is 20.7 Å². The van der Waals surface area contributed by atoms with Crippen molar-refractivity contribution in [2.45, 2.75) is 12.3 Å². The highest BCUT2D eigenvalue weighted by Gasteiger charge is 2.17. The molecule has 0 saturated heterocycles. The third-order valence-corrected chi connectivity index (χ3v) is 6.10. The molecule has 1 unspecified atom stereocenters. The van der Waals surface area contributed by atoms with Crippen LogP contribution in [0.4, 0.5) is 0 Å². The van der Waals surface area contributed by atoms with Crippen molar-refractivity contribution in [2.75, 3.05) is 0 Å². The van der Waals surface area contributed by atoms with Gasteiger partial charge in [-0.1, -0.05) is 0 Å². The summed E-state index contributed by atoms with van der Waals surface area (Å²) in [5, 5.41) is 2.03. The third kappa shape index (κ3) is 2.67. The van der Waals surface area contributed by atoms with E-state index in [1.807, 2.05) is 0 Å². The summed E-state index contributed by atoms with van der Waals surface area (Å²) < 4.78 is 2.22. The molecule has 0 radical (unpaired) electrons. The predicted molar refractivity (Wildman–Crippen MR) is 76.5 cm³/mol. The molecule has 0 amide bonds. The minimum atomic E-state index is -0.0550. The third-order valence-electron chi connectivity index (χ3n) is 1.95. The highest BCUT2D eigenvalue weighted by atomic mass is 79.9. The molecule has 0 aromatic carbocycles. The maximum Gasteiger partial charge on any atom is 0.0947 e. The van der Waals surface area contributed by atoms with Crippen LogP contribution in [0.3, 0.4) is 0 Å². The summed E-state index contributed by atoms with van der Waals surface area (Å²) in [5.74, 6) is 0. The Kier molecular flexibility index (Phi) is 3.94. The molecule has 0 spiro atoms. The van der Waals surface area contributed by atoms with Gasteiger partial charge in [0.2, 0.25) is 0 Å². The molecule has 80 valence electrons. The summed E-state index contributed by atoms with van der Waals surface area (Å²) in [6.07, 6.45) is 0. The minimum Gasteiger partial charge on any atom is -0.143 e. The molecule has 0 aliphatic heterocycles. The van der Waals surface area contributed by atoms with E-state index in [0.29, 0.717) is 0 Å². The summed E-state index contributed by atoms with van der Waals surface area (Å²) in [4.78, 5) is 2.45. The van der Waals surface area contributed by atoms with Crippen LogP contribution in [0.5, 0.6) is 0 Å². The van der Waals surface area contributed by atoms with Crippen LogP contribution >= 0.6 is 66.1 Å². The van der Waals surface area contributed by atoms with E-state index in [-0.39, 0.29) is 5.38 Å². The Balaban J connectivity index is 2.35. The first-order valence-corrected chi connectivity index (χ1v) is 7.93. The monoisotopic (exact) mass is 384 g/mol. The first kappa shape index (κ1) is 12.1. The topological polar surface area (TPSA) is 0 Å². The molecule has 0 aliphatic rings. The van der Waals surface area contributed by atoms with Gasteiger partial charge in [0.25, 0.3) is 0 Å². The highest BCUT2D eigenvalue weighted by Crippen LogP contribution is 2.41. The molecule has 15 heavy (non-hydrogen) atoms. The molecule has 5 heteroatoms. The van der Waals surface area contributed by atoms with Crippen LogP contribution in [0, 0.1) is 6.92 Å². The summed E-state index contributed by atoms with van der Waals surface area (Å²) in [6.45, 7) is 2.09. The van der Waals surface area contributed by atoms with Crippen molar-refractivity contribution in [3.05, 3.63) is 41.1 Å². The van der Waals surface area contributed by atoms with E-state index in [1.165, 1.54) is 9.75 Å². The van der Waals surface area contributed by atoms with Gasteiger partial charge in [-0.25, -0.2) is 0 Å². The van der Waals surface area contributed by atoms with Crippen LogP contribution in [0.15, 0.2) is 25.8 Å². The molecule has 2 heterocycles. The van der Waals surface area contributed by atoms with Gasteiger partial charge in [-0.05, 0) is 61.9 Å². The van der Waals surface area contributed by atoms with E-state index in [9.17, 15) is 0 Å². The maximum absolute atomic E-state index is 6.43. The van der Waals surface area contributed by atoms with Crippen molar-refractivity contribution in [3.8, 4) is 0 Å². The Morgan fingerprint density at radius 1 is 1.33 bits per heavy atom. The number of thiophene rings is 2. The van der Waals surface area contributed by atoms with Gasteiger partial charge in [0.05, 0.1) is 9.16 Å². The average molecular weight is 387 g/mol. The Bertz CT molecular complexity index is 475. The minimum absolute atomic E-state index is 0.0550. The second kappa shape index (κ2) is 4.88. The Morgan fingerprint density at radius 2 is 2.07 bits per heavy atom. The molecular formula is C10H7Br2ClS2. The van der Waals surface area contributed by atoms with Crippen LogP contribution in [-0.2, 0) is 0 Å². The van der Waals surface area contributed by atoms with Gasteiger partial charge in [-0.15, -0.1) is 34.3 Å². The normalized spacial score (nSPS) is 13.1. The Labute approximate surface area is 119 Å². The Morgan fingerprint density at radius 3 is 2.53 bits per heavy atom. The molecule has 0 aliphatic carbocycles. The predicted octanol–water partition coefficient (Wildman–Crippen LogP) is 5.97. The van der Waals surface area contributed by atoms with Gasteiger partial charge in [0.1, 0.15) is 0 Å². The van der Waals surface area contributed by atoms with Crippen molar-refractivity contribution < 1.29 is 0 Å². The van der Waals surface area contributed by atoms with Gasteiger partial charge >= 0.3 is 0 Å². The zero-order valence-electron chi connectivity index (χ0n) is 7.76. The van der Waals surface area contributed by atoms with Crippen LogP contribution in [0.25, 0.3) is 0 Å². The fourth-order valence-corrected chi connectivity index (χ4v) is 4.95. The number of hydrogen-bond donors (Lipinski definition) is 0. The van der Waals surface area contributed by atoms with Gasteiger partial charge in [0.15, 0.2) is 0 Å². The average Bonchev–Trinajstić information content (AvgIpc) is 2.71.